The largest absolute Gasteiger partial charge is 0.445 e. The van der Waals surface area contributed by atoms with Crippen LogP contribution in [0.1, 0.15) is 84.5 Å². The normalized spacial score (nSPS) is 17.2. The molecule has 2 atom stereocenters. The van der Waals surface area contributed by atoms with Crippen LogP contribution in [0.25, 0.3) is 11.3 Å². The van der Waals surface area contributed by atoms with Gasteiger partial charge in [-0.15, -0.1) is 0 Å². The number of nitrogens with one attached hydrogen (secondary N) is 1. The lowest BCUT2D eigenvalue weighted by atomic mass is 10.00. The van der Waals surface area contributed by atoms with Gasteiger partial charge in [0.1, 0.15) is 24.0 Å². The van der Waals surface area contributed by atoms with E-state index in [2.05, 4.69) is 20.2 Å². The summed E-state index contributed by atoms with van der Waals surface area (Å²) in [6.07, 6.45) is 5.04. The van der Waals surface area contributed by atoms with Crippen molar-refractivity contribution < 1.29 is 19.1 Å². The number of halogens is 1. The van der Waals surface area contributed by atoms with Crippen molar-refractivity contribution in [3.8, 4) is 0 Å². The van der Waals surface area contributed by atoms with Crippen LogP contribution in [-0.2, 0) is 22.7 Å². The number of ether oxygens (including phenoxy) is 2. The maximum absolute atomic E-state index is 12.7. The quantitative estimate of drug-likeness (QED) is 0.171. The van der Waals surface area contributed by atoms with E-state index in [1.54, 1.807) is 24.9 Å². The van der Waals surface area contributed by atoms with Gasteiger partial charge in [0.05, 0.1) is 23.5 Å². The SMILES string of the molecule is Cc1cc(=O)[nH]c2cc([C@@H]3CCCCN3C(=O)OCc3ccccc3)nn12.Cc1cc(Cl)nc2cc([C@@H]3CCCCN3C(=O)OCc3ccccc3)nn12. The molecule has 1 N–H and O–H groups in total. The highest BCUT2D eigenvalue weighted by Crippen LogP contribution is 2.33. The molecule has 54 heavy (non-hydrogen) atoms. The molecular formula is C40H43ClN8O5. The predicted molar refractivity (Wildman–Crippen MR) is 203 cm³/mol. The van der Waals surface area contributed by atoms with E-state index in [4.69, 9.17) is 21.1 Å². The van der Waals surface area contributed by atoms with Crippen molar-refractivity contribution in [3.63, 3.8) is 0 Å². The number of carbonyl (C=O) groups is 2. The summed E-state index contributed by atoms with van der Waals surface area (Å²) in [5, 5.41) is 9.74. The van der Waals surface area contributed by atoms with Crippen molar-refractivity contribution in [1.29, 1.82) is 0 Å². The number of aromatic nitrogens is 6. The molecule has 2 aliphatic heterocycles. The number of likely N-dealkylation sites (tertiary alicyclic amines) is 2. The van der Waals surface area contributed by atoms with Crippen LogP contribution in [-0.4, -0.2) is 64.3 Å². The van der Waals surface area contributed by atoms with Gasteiger partial charge in [0.15, 0.2) is 5.65 Å². The van der Waals surface area contributed by atoms with Gasteiger partial charge in [-0.1, -0.05) is 72.3 Å². The highest BCUT2D eigenvalue weighted by Gasteiger charge is 2.32. The number of amides is 2. The number of benzene rings is 2. The lowest BCUT2D eigenvalue weighted by Crippen LogP contribution is -2.39. The molecule has 0 aliphatic carbocycles. The second-order valence-corrected chi connectivity index (χ2v) is 14.1. The highest BCUT2D eigenvalue weighted by atomic mass is 35.5. The molecule has 2 aliphatic rings. The van der Waals surface area contributed by atoms with Crippen molar-refractivity contribution in [2.45, 2.75) is 77.7 Å². The average molecular weight is 751 g/mol. The molecule has 2 fully saturated rings. The standard InChI is InChI=1S/C20H21ClN4O2.C20H22N4O3/c1-14-11-18(21)22-19-12-16(23-25(14)19)17-9-5-6-10-24(17)20(26)27-13-15-7-3-2-4-8-15;1-14-11-19(25)21-18-12-16(22-24(14)18)17-9-5-6-10-23(17)20(26)27-13-15-7-3-2-4-8-15/h2-4,7-8,11-12,17H,5-6,9-10,13H2,1H3;2-4,7-8,11-12,17H,5-6,9-10,13H2,1H3,(H,21,25)/t2*17-/m00/s1. The lowest BCUT2D eigenvalue weighted by Gasteiger charge is -2.33. The van der Waals surface area contributed by atoms with Gasteiger partial charge < -0.3 is 14.5 Å². The van der Waals surface area contributed by atoms with Gasteiger partial charge in [-0.05, 0) is 69.6 Å². The Labute approximate surface area is 317 Å². The zero-order valence-electron chi connectivity index (χ0n) is 30.4. The number of rotatable bonds is 6. The Morgan fingerprint density at radius 3 is 1.81 bits per heavy atom. The van der Waals surface area contributed by atoms with Gasteiger partial charge in [0.25, 0.3) is 5.56 Å². The summed E-state index contributed by atoms with van der Waals surface area (Å²) >= 11 is 6.06. The van der Waals surface area contributed by atoms with Gasteiger partial charge in [0, 0.05) is 42.7 Å². The lowest BCUT2D eigenvalue weighted by molar-refractivity contribution is 0.0663. The first kappa shape index (κ1) is 36.7. The summed E-state index contributed by atoms with van der Waals surface area (Å²) in [6, 6.07) is 26.1. The Morgan fingerprint density at radius 2 is 1.24 bits per heavy atom. The van der Waals surface area contributed by atoms with E-state index in [1.165, 1.54) is 6.07 Å². The van der Waals surface area contributed by atoms with E-state index in [0.717, 1.165) is 72.4 Å². The van der Waals surface area contributed by atoms with Crippen LogP contribution in [0.3, 0.4) is 0 Å². The molecule has 0 spiro atoms. The van der Waals surface area contributed by atoms with E-state index >= 15 is 0 Å². The molecule has 8 rings (SSSR count). The fourth-order valence-corrected chi connectivity index (χ4v) is 7.36. The van der Waals surface area contributed by atoms with Crippen molar-refractivity contribution in [3.05, 3.63) is 134 Å². The Kier molecular flexibility index (Phi) is 11.2. The maximum Gasteiger partial charge on any atom is 0.410 e. The molecule has 2 amide bonds. The summed E-state index contributed by atoms with van der Waals surface area (Å²) in [7, 11) is 0. The van der Waals surface area contributed by atoms with Crippen LogP contribution in [0.4, 0.5) is 9.59 Å². The number of hydrogen-bond donors (Lipinski definition) is 1. The fourth-order valence-electron chi connectivity index (χ4n) is 7.12. The van der Waals surface area contributed by atoms with Crippen molar-refractivity contribution in [2.24, 2.45) is 0 Å². The minimum absolute atomic E-state index is 0.109. The number of carbonyl (C=O) groups excluding carboxylic acids is 2. The molecule has 6 heterocycles. The summed E-state index contributed by atoms with van der Waals surface area (Å²) in [5.74, 6) is 0. The predicted octanol–water partition coefficient (Wildman–Crippen LogP) is 7.75. The molecule has 2 aromatic carbocycles. The van der Waals surface area contributed by atoms with Crippen LogP contribution < -0.4 is 5.56 Å². The molecule has 14 heteroatoms. The molecule has 13 nitrogen and oxygen atoms in total. The molecule has 0 saturated carbocycles. The number of H-pyrrole nitrogens is 1. The summed E-state index contributed by atoms with van der Waals surface area (Å²) < 4.78 is 14.6. The molecule has 0 unspecified atom stereocenters. The first-order valence-electron chi connectivity index (χ1n) is 18.3. The molecule has 0 bridgehead atoms. The number of fused-ring (bicyclic) bond motifs is 2. The van der Waals surface area contributed by atoms with Crippen LogP contribution in [0.15, 0.2) is 89.7 Å². The molecule has 2 saturated heterocycles. The van der Waals surface area contributed by atoms with Gasteiger partial charge in [0.2, 0.25) is 0 Å². The van der Waals surface area contributed by atoms with Crippen LogP contribution in [0.2, 0.25) is 5.15 Å². The second kappa shape index (κ2) is 16.5. The van der Waals surface area contributed by atoms with Crippen molar-refractivity contribution >= 4 is 35.1 Å². The van der Waals surface area contributed by atoms with Gasteiger partial charge in [-0.3, -0.25) is 14.6 Å². The summed E-state index contributed by atoms with van der Waals surface area (Å²) in [4.78, 5) is 47.8. The minimum Gasteiger partial charge on any atom is -0.445 e. The fraction of sp³-hybridized carbons (Fsp3) is 0.350. The zero-order valence-corrected chi connectivity index (χ0v) is 31.1. The Morgan fingerprint density at radius 1 is 0.722 bits per heavy atom. The Bertz CT molecular complexity index is 2290. The monoisotopic (exact) mass is 750 g/mol. The van der Waals surface area contributed by atoms with E-state index in [0.29, 0.717) is 29.5 Å². The third-order valence-electron chi connectivity index (χ3n) is 9.81. The Hall–Kier alpha value is -5.69. The summed E-state index contributed by atoms with van der Waals surface area (Å²) in [5.41, 5.74) is 6.37. The third-order valence-corrected chi connectivity index (χ3v) is 10.0. The number of hydrogen-bond acceptors (Lipinski definition) is 8. The van der Waals surface area contributed by atoms with Crippen molar-refractivity contribution in [2.75, 3.05) is 13.1 Å². The van der Waals surface area contributed by atoms with Crippen LogP contribution in [0.5, 0.6) is 0 Å². The average Bonchev–Trinajstić information content (AvgIpc) is 3.82. The van der Waals surface area contributed by atoms with E-state index in [9.17, 15) is 14.4 Å². The second-order valence-electron chi connectivity index (χ2n) is 13.7. The topological polar surface area (TPSA) is 139 Å². The molecule has 6 aromatic rings. The van der Waals surface area contributed by atoms with E-state index < -0.39 is 0 Å². The number of aryl methyl sites for hydroxylation is 2. The number of piperidine rings is 2. The van der Waals surface area contributed by atoms with Crippen molar-refractivity contribution in [1.82, 2.24) is 39.0 Å². The Balaban J connectivity index is 0.000000167. The highest BCUT2D eigenvalue weighted by molar-refractivity contribution is 6.29. The molecule has 0 radical (unpaired) electrons. The number of nitrogens with zero attached hydrogens (tertiary/aromatic N) is 7. The summed E-state index contributed by atoms with van der Waals surface area (Å²) in [6.45, 7) is 5.60. The van der Waals surface area contributed by atoms with Gasteiger partial charge in [-0.2, -0.15) is 10.2 Å². The van der Waals surface area contributed by atoms with Gasteiger partial charge in [-0.25, -0.2) is 23.6 Å². The first-order chi connectivity index (χ1) is 26.2. The third kappa shape index (κ3) is 8.41. The van der Waals surface area contributed by atoms with E-state index in [-0.39, 0.29) is 43.0 Å². The van der Waals surface area contributed by atoms with Gasteiger partial charge >= 0.3 is 12.2 Å². The van der Waals surface area contributed by atoms with Crippen LogP contribution >= 0.6 is 11.6 Å². The number of aromatic amines is 1. The minimum atomic E-state index is -0.328. The molecular weight excluding hydrogens is 708 g/mol. The van der Waals surface area contributed by atoms with Crippen LogP contribution in [0, 0.1) is 13.8 Å². The maximum atomic E-state index is 12.7. The first-order valence-corrected chi connectivity index (χ1v) is 18.7. The molecule has 280 valence electrons. The molecule has 4 aromatic heterocycles. The van der Waals surface area contributed by atoms with E-state index in [1.807, 2.05) is 86.6 Å². The zero-order chi connectivity index (χ0) is 37.6. The smallest absolute Gasteiger partial charge is 0.410 e.